The van der Waals surface area contributed by atoms with E-state index in [1.807, 2.05) is 0 Å². The standard InChI is InChI=1S/C17H27N/c1-2-18-13-12-14-8-6-7-11-16(14)17(18)15-9-4-3-5-10-15/h6-8,15-17H,2-5,9-13H2,1H3. The lowest BCUT2D eigenvalue weighted by atomic mass is 9.70. The van der Waals surface area contributed by atoms with Gasteiger partial charge in [0.2, 0.25) is 0 Å². The maximum absolute atomic E-state index is 2.79. The van der Waals surface area contributed by atoms with Crippen molar-refractivity contribution in [3.8, 4) is 0 Å². The van der Waals surface area contributed by atoms with Gasteiger partial charge >= 0.3 is 0 Å². The highest BCUT2D eigenvalue weighted by molar-refractivity contribution is 5.25. The van der Waals surface area contributed by atoms with Crippen LogP contribution >= 0.6 is 0 Å². The van der Waals surface area contributed by atoms with Crippen LogP contribution in [-0.4, -0.2) is 24.0 Å². The quantitative estimate of drug-likeness (QED) is 0.706. The molecule has 1 heterocycles. The maximum Gasteiger partial charge on any atom is 0.0192 e. The van der Waals surface area contributed by atoms with Crippen LogP contribution in [0.15, 0.2) is 23.8 Å². The highest BCUT2D eigenvalue weighted by Crippen LogP contribution is 2.41. The number of hydrogen-bond acceptors (Lipinski definition) is 1. The van der Waals surface area contributed by atoms with Crippen molar-refractivity contribution >= 4 is 0 Å². The van der Waals surface area contributed by atoms with E-state index in [4.69, 9.17) is 0 Å². The minimum absolute atomic E-state index is 0.840. The van der Waals surface area contributed by atoms with Crippen molar-refractivity contribution in [1.82, 2.24) is 4.90 Å². The van der Waals surface area contributed by atoms with Gasteiger partial charge in [-0.25, -0.2) is 0 Å². The number of rotatable bonds is 2. The molecule has 2 aliphatic carbocycles. The summed E-state index contributed by atoms with van der Waals surface area (Å²) >= 11 is 0. The van der Waals surface area contributed by atoms with E-state index in [1.165, 1.54) is 58.0 Å². The van der Waals surface area contributed by atoms with E-state index in [-0.39, 0.29) is 0 Å². The number of fused-ring (bicyclic) bond motifs is 1. The van der Waals surface area contributed by atoms with Crippen LogP contribution in [0.3, 0.4) is 0 Å². The molecule has 0 N–H and O–H groups in total. The first-order valence-electron chi connectivity index (χ1n) is 7.99. The number of piperidine rings is 1. The minimum Gasteiger partial charge on any atom is -0.299 e. The molecular formula is C17H27N. The van der Waals surface area contributed by atoms with Crippen LogP contribution in [0.2, 0.25) is 0 Å². The molecule has 2 atom stereocenters. The smallest absolute Gasteiger partial charge is 0.0192 e. The molecular weight excluding hydrogens is 218 g/mol. The van der Waals surface area contributed by atoms with Gasteiger partial charge in [-0.2, -0.15) is 0 Å². The second kappa shape index (κ2) is 5.61. The van der Waals surface area contributed by atoms with E-state index in [2.05, 4.69) is 30.1 Å². The fourth-order valence-electron chi connectivity index (χ4n) is 4.47. The topological polar surface area (TPSA) is 3.24 Å². The molecule has 1 heteroatoms. The van der Waals surface area contributed by atoms with Gasteiger partial charge in [0.15, 0.2) is 0 Å². The number of hydrogen-bond donors (Lipinski definition) is 0. The zero-order chi connectivity index (χ0) is 12.4. The van der Waals surface area contributed by atoms with Crippen molar-refractivity contribution in [3.63, 3.8) is 0 Å². The Kier molecular flexibility index (Phi) is 3.88. The van der Waals surface area contributed by atoms with Crippen LogP contribution in [0.5, 0.6) is 0 Å². The third-order valence-corrected chi connectivity index (χ3v) is 5.37. The molecule has 0 bridgehead atoms. The van der Waals surface area contributed by atoms with Crippen molar-refractivity contribution in [2.75, 3.05) is 13.1 Å². The summed E-state index contributed by atoms with van der Waals surface area (Å²) in [4.78, 5) is 2.79. The largest absolute Gasteiger partial charge is 0.299 e. The summed E-state index contributed by atoms with van der Waals surface area (Å²) in [5, 5.41) is 0. The normalized spacial score (nSPS) is 34.2. The van der Waals surface area contributed by atoms with E-state index < -0.39 is 0 Å². The molecule has 0 aromatic rings. The van der Waals surface area contributed by atoms with E-state index in [1.54, 1.807) is 5.57 Å². The van der Waals surface area contributed by atoms with Crippen LogP contribution in [-0.2, 0) is 0 Å². The van der Waals surface area contributed by atoms with Gasteiger partial charge in [-0.15, -0.1) is 0 Å². The van der Waals surface area contributed by atoms with Crippen LogP contribution in [0.25, 0.3) is 0 Å². The molecule has 1 saturated carbocycles. The van der Waals surface area contributed by atoms with Crippen molar-refractivity contribution < 1.29 is 0 Å². The van der Waals surface area contributed by atoms with Gasteiger partial charge < -0.3 is 0 Å². The Hall–Kier alpha value is -0.560. The molecule has 2 unspecified atom stereocenters. The van der Waals surface area contributed by atoms with Gasteiger partial charge in [-0.1, -0.05) is 50.0 Å². The zero-order valence-electron chi connectivity index (χ0n) is 11.8. The fourth-order valence-corrected chi connectivity index (χ4v) is 4.47. The molecule has 3 aliphatic rings. The fraction of sp³-hybridized carbons (Fsp3) is 0.765. The highest BCUT2D eigenvalue weighted by Gasteiger charge is 2.38. The van der Waals surface area contributed by atoms with Gasteiger partial charge in [-0.3, -0.25) is 4.90 Å². The van der Waals surface area contributed by atoms with Crippen molar-refractivity contribution in [2.45, 2.75) is 57.9 Å². The summed E-state index contributed by atoms with van der Waals surface area (Å²) in [5.74, 6) is 1.81. The Morgan fingerprint density at radius 1 is 1.22 bits per heavy atom. The predicted octanol–water partition coefficient (Wildman–Crippen LogP) is 4.16. The van der Waals surface area contributed by atoms with Gasteiger partial charge in [0.05, 0.1) is 0 Å². The lowest BCUT2D eigenvalue weighted by molar-refractivity contribution is 0.0656. The average molecular weight is 245 g/mol. The Morgan fingerprint density at radius 3 is 2.83 bits per heavy atom. The van der Waals surface area contributed by atoms with Crippen LogP contribution < -0.4 is 0 Å². The SMILES string of the molecule is CCN1CCC2=CC=CCC2C1C1CCCCC1. The Morgan fingerprint density at radius 2 is 2.06 bits per heavy atom. The molecule has 0 aromatic heterocycles. The lowest BCUT2D eigenvalue weighted by Crippen LogP contribution is -2.50. The van der Waals surface area contributed by atoms with Crippen molar-refractivity contribution in [3.05, 3.63) is 23.8 Å². The van der Waals surface area contributed by atoms with E-state index >= 15 is 0 Å². The Balaban J connectivity index is 1.81. The number of nitrogens with zero attached hydrogens (tertiary/aromatic N) is 1. The molecule has 2 fully saturated rings. The maximum atomic E-state index is 2.79. The summed E-state index contributed by atoms with van der Waals surface area (Å²) in [7, 11) is 0. The van der Waals surface area contributed by atoms with Crippen LogP contribution in [0.1, 0.15) is 51.9 Å². The van der Waals surface area contributed by atoms with E-state index in [9.17, 15) is 0 Å². The first-order valence-corrected chi connectivity index (χ1v) is 7.99. The molecule has 3 rings (SSSR count). The summed E-state index contributed by atoms with van der Waals surface area (Å²) in [6.45, 7) is 4.89. The first kappa shape index (κ1) is 12.5. The Bertz CT molecular complexity index is 336. The van der Waals surface area contributed by atoms with Gasteiger partial charge in [0, 0.05) is 12.6 Å². The van der Waals surface area contributed by atoms with E-state index in [0.29, 0.717) is 0 Å². The molecule has 0 aromatic carbocycles. The van der Waals surface area contributed by atoms with Crippen LogP contribution in [0.4, 0.5) is 0 Å². The third kappa shape index (κ3) is 2.30. The van der Waals surface area contributed by atoms with Gasteiger partial charge in [0.25, 0.3) is 0 Å². The molecule has 100 valence electrons. The summed E-state index contributed by atoms with van der Waals surface area (Å²) in [6, 6.07) is 0.847. The number of likely N-dealkylation sites (tertiary alicyclic amines) is 1. The molecule has 0 spiro atoms. The van der Waals surface area contributed by atoms with E-state index in [0.717, 1.165) is 17.9 Å². The van der Waals surface area contributed by atoms with Crippen LogP contribution in [0, 0.1) is 11.8 Å². The third-order valence-electron chi connectivity index (χ3n) is 5.37. The highest BCUT2D eigenvalue weighted by atomic mass is 15.2. The Labute approximate surface area is 112 Å². The van der Waals surface area contributed by atoms with Crippen molar-refractivity contribution in [1.29, 1.82) is 0 Å². The van der Waals surface area contributed by atoms with Gasteiger partial charge in [0.1, 0.15) is 0 Å². The molecule has 1 aliphatic heterocycles. The average Bonchev–Trinajstić information content (AvgIpc) is 2.47. The number of allylic oxidation sites excluding steroid dienone is 3. The summed E-state index contributed by atoms with van der Waals surface area (Å²) < 4.78 is 0. The second-order valence-electron chi connectivity index (χ2n) is 6.28. The zero-order valence-corrected chi connectivity index (χ0v) is 11.8. The monoisotopic (exact) mass is 245 g/mol. The molecule has 0 radical (unpaired) electrons. The second-order valence-corrected chi connectivity index (χ2v) is 6.28. The first-order chi connectivity index (χ1) is 8.90. The summed E-state index contributed by atoms with van der Waals surface area (Å²) in [5.41, 5.74) is 1.75. The summed E-state index contributed by atoms with van der Waals surface area (Å²) in [6.07, 6.45) is 17.1. The molecule has 1 nitrogen and oxygen atoms in total. The molecule has 1 saturated heterocycles. The van der Waals surface area contributed by atoms with Crippen molar-refractivity contribution in [2.24, 2.45) is 11.8 Å². The predicted molar refractivity (Wildman–Crippen MR) is 77.6 cm³/mol. The van der Waals surface area contributed by atoms with Gasteiger partial charge in [-0.05, 0) is 44.1 Å². The minimum atomic E-state index is 0.840. The molecule has 0 amide bonds. The lowest BCUT2D eigenvalue weighted by Gasteiger charge is -2.48. The molecule has 18 heavy (non-hydrogen) atoms.